The van der Waals surface area contributed by atoms with E-state index in [9.17, 15) is 9.59 Å². The summed E-state index contributed by atoms with van der Waals surface area (Å²) in [5.41, 5.74) is 2.05. The number of likely N-dealkylation sites (N-methyl/N-ethyl adjacent to an activating group) is 1. The second-order valence-electron chi connectivity index (χ2n) is 7.45. The van der Waals surface area contributed by atoms with E-state index in [1.165, 1.54) is 6.92 Å². The van der Waals surface area contributed by atoms with Gasteiger partial charge in [-0.3, -0.25) is 9.59 Å². The zero-order valence-electron chi connectivity index (χ0n) is 17.1. The van der Waals surface area contributed by atoms with Crippen molar-refractivity contribution in [1.82, 2.24) is 9.88 Å². The van der Waals surface area contributed by atoms with Gasteiger partial charge in [-0.1, -0.05) is 24.3 Å². The second-order valence-corrected chi connectivity index (χ2v) is 7.45. The maximum absolute atomic E-state index is 12.5. The van der Waals surface area contributed by atoms with E-state index in [1.54, 1.807) is 42.6 Å². The summed E-state index contributed by atoms with van der Waals surface area (Å²) in [6.45, 7) is 5.43. The molecule has 0 radical (unpaired) electrons. The lowest BCUT2D eigenvalue weighted by Crippen LogP contribution is -2.44. The topological polar surface area (TPSA) is 78.7 Å². The van der Waals surface area contributed by atoms with E-state index in [1.807, 2.05) is 12.1 Å². The van der Waals surface area contributed by atoms with Crippen molar-refractivity contribution < 1.29 is 14.0 Å². The van der Waals surface area contributed by atoms with Crippen LogP contribution in [0.4, 0.5) is 11.5 Å². The largest absolute Gasteiger partial charge is 0.451 e. The molecule has 0 atom stereocenters. The average Bonchev–Trinajstić information content (AvgIpc) is 3.25. The van der Waals surface area contributed by atoms with Gasteiger partial charge in [-0.15, -0.1) is 0 Å². The molecule has 0 unspecified atom stereocenters. The van der Waals surface area contributed by atoms with Crippen molar-refractivity contribution in [2.24, 2.45) is 0 Å². The highest BCUT2D eigenvalue weighted by atomic mass is 16.3. The minimum atomic E-state index is -0.337. The lowest BCUT2D eigenvalue weighted by atomic mass is 10.1. The third kappa shape index (κ3) is 4.41. The van der Waals surface area contributed by atoms with Crippen molar-refractivity contribution >= 4 is 23.2 Å². The molecule has 3 heterocycles. The van der Waals surface area contributed by atoms with Crippen LogP contribution < -0.4 is 10.2 Å². The first-order valence-electron chi connectivity index (χ1n) is 9.92. The van der Waals surface area contributed by atoms with Crippen LogP contribution in [-0.2, 0) is 0 Å². The number of carbonyl (C=O) groups excluding carboxylic acids is 2. The summed E-state index contributed by atoms with van der Waals surface area (Å²) in [5.74, 6) is 1.36. The summed E-state index contributed by atoms with van der Waals surface area (Å²) in [6.07, 6.45) is 1.66. The molecular formula is C23H24N4O3. The third-order valence-corrected chi connectivity index (χ3v) is 5.24. The van der Waals surface area contributed by atoms with Crippen molar-refractivity contribution in [3.63, 3.8) is 0 Å². The molecule has 30 heavy (non-hydrogen) atoms. The Morgan fingerprint density at radius 2 is 1.70 bits per heavy atom. The Hall–Kier alpha value is -3.45. The summed E-state index contributed by atoms with van der Waals surface area (Å²) < 4.78 is 5.70. The molecule has 0 aliphatic carbocycles. The molecule has 7 heteroatoms. The minimum absolute atomic E-state index is 0.00770. The Kier molecular flexibility index (Phi) is 5.63. The predicted molar refractivity (Wildman–Crippen MR) is 116 cm³/mol. The predicted octanol–water partition coefficient (Wildman–Crippen LogP) is 3.55. The molecule has 1 amide bonds. The standard InChI is InChI=1S/C23H24N4O3/c1-16(28)17-3-5-18(6-4-17)20-8-9-21(30-20)23(29)25-19-7-10-22(24-15-19)27-13-11-26(2)12-14-27/h3-10,15H,11-14H2,1-2H3,(H,25,29). The van der Waals surface area contributed by atoms with Gasteiger partial charge in [0.15, 0.2) is 11.5 Å². The van der Waals surface area contributed by atoms with E-state index in [4.69, 9.17) is 4.42 Å². The highest BCUT2D eigenvalue weighted by molar-refractivity contribution is 6.02. The number of amides is 1. The number of hydrogen-bond donors (Lipinski definition) is 1. The molecule has 0 saturated carbocycles. The van der Waals surface area contributed by atoms with Gasteiger partial charge in [0.25, 0.3) is 5.91 Å². The zero-order valence-corrected chi connectivity index (χ0v) is 17.1. The molecule has 1 N–H and O–H groups in total. The van der Waals surface area contributed by atoms with Gasteiger partial charge in [0.2, 0.25) is 0 Å². The van der Waals surface area contributed by atoms with Gasteiger partial charge in [0.1, 0.15) is 11.6 Å². The first kappa shape index (κ1) is 19.8. The molecule has 1 aromatic carbocycles. The van der Waals surface area contributed by atoms with Crippen molar-refractivity contribution in [2.45, 2.75) is 6.92 Å². The molecule has 7 nitrogen and oxygen atoms in total. The average molecular weight is 404 g/mol. The van der Waals surface area contributed by atoms with Crippen molar-refractivity contribution in [3.8, 4) is 11.3 Å². The van der Waals surface area contributed by atoms with Gasteiger partial charge in [0, 0.05) is 37.3 Å². The monoisotopic (exact) mass is 404 g/mol. The van der Waals surface area contributed by atoms with Crippen molar-refractivity contribution in [2.75, 3.05) is 43.4 Å². The number of pyridine rings is 1. The van der Waals surface area contributed by atoms with Crippen LogP contribution >= 0.6 is 0 Å². The Bertz CT molecular complexity index is 1030. The highest BCUT2D eigenvalue weighted by Gasteiger charge is 2.16. The summed E-state index contributed by atoms with van der Waals surface area (Å²) in [4.78, 5) is 32.9. The molecular weight excluding hydrogens is 380 g/mol. The Morgan fingerprint density at radius 1 is 0.967 bits per heavy atom. The first-order chi connectivity index (χ1) is 14.5. The SMILES string of the molecule is CC(=O)c1ccc(-c2ccc(C(=O)Nc3ccc(N4CCN(C)CC4)nc3)o2)cc1. The fraction of sp³-hybridized carbons (Fsp3) is 0.261. The molecule has 4 rings (SSSR count). The Labute approximate surface area is 175 Å². The Morgan fingerprint density at radius 3 is 2.33 bits per heavy atom. The molecule has 0 bridgehead atoms. The molecule has 0 spiro atoms. The van der Waals surface area contributed by atoms with Gasteiger partial charge in [-0.05, 0) is 38.2 Å². The van der Waals surface area contributed by atoms with Gasteiger partial charge in [-0.2, -0.15) is 0 Å². The lowest BCUT2D eigenvalue weighted by molar-refractivity contribution is 0.0994. The number of anilines is 2. The molecule has 1 aliphatic heterocycles. The van der Waals surface area contributed by atoms with Crippen molar-refractivity contribution in [3.05, 3.63) is 66.1 Å². The van der Waals surface area contributed by atoms with Gasteiger partial charge >= 0.3 is 0 Å². The summed E-state index contributed by atoms with van der Waals surface area (Å²) in [5, 5.41) is 2.82. The summed E-state index contributed by atoms with van der Waals surface area (Å²) in [6, 6.07) is 14.2. The smallest absolute Gasteiger partial charge is 0.291 e. The number of benzene rings is 1. The number of Topliss-reactive ketones (excluding diaryl/α,β-unsaturated/α-hetero) is 1. The van der Waals surface area contributed by atoms with E-state index in [-0.39, 0.29) is 17.5 Å². The van der Waals surface area contributed by atoms with Crippen LogP contribution in [0.1, 0.15) is 27.8 Å². The number of hydrogen-bond acceptors (Lipinski definition) is 6. The number of furan rings is 1. The van der Waals surface area contributed by atoms with Crippen LogP contribution in [0.2, 0.25) is 0 Å². The number of ketones is 1. The van der Waals surface area contributed by atoms with Gasteiger partial charge in [-0.25, -0.2) is 4.98 Å². The molecule has 3 aromatic rings. The van der Waals surface area contributed by atoms with Crippen LogP contribution in [0, 0.1) is 0 Å². The minimum Gasteiger partial charge on any atom is -0.451 e. The number of carbonyl (C=O) groups is 2. The van der Waals surface area contributed by atoms with Gasteiger partial charge < -0.3 is 19.5 Å². The van der Waals surface area contributed by atoms with Crippen LogP contribution in [0.15, 0.2) is 59.1 Å². The van der Waals surface area contributed by atoms with Crippen LogP contribution in [0.5, 0.6) is 0 Å². The van der Waals surface area contributed by atoms with E-state index in [2.05, 4.69) is 27.1 Å². The van der Waals surface area contributed by atoms with Gasteiger partial charge in [0.05, 0.1) is 11.9 Å². The molecule has 1 fully saturated rings. The number of nitrogens with one attached hydrogen (secondary N) is 1. The fourth-order valence-electron chi connectivity index (χ4n) is 3.36. The number of aromatic nitrogens is 1. The first-order valence-corrected chi connectivity index (χ1v) is 9.92. The number of piperazine rings is 1. The van der Waals surface area contributed by atoms with Crippen molar-refractivity contribution in [1.29, 1.82) is 0 Å². The van der Waals surface area contributed by atoms with Crippen LogP contribution in [0.3, 0.4) is 0 Å². The zero-order chi connectivity index (χ0) is 21.1. The number of nitrogens with zero attached hydrogens (tertiary/aromatic N) is 3. The molecule has 2 aromatic heterocycles. The summed E-state index contributed by atoms with van der Waals surface area (Å²) >= 11 is 0. The molecule has 154 valence electrons. The maximum atomic E-state index is 12.5. The van der Waals surface area contributed by atoms with E-state index >= 15 is 0 Å². The van der Waals surface area contributed by atoms with Crippen LogP contribution in [0.25, 0.3) is 11.3 Å². The molecule has 1 saturated heterocycles. The fourth-order valence-corrected chi connectivity index (χ4v) is 3.36. The molecule has 1 aliphatic rings. The highest BCUT2D eigenvalue weighted by Crippen LogP contribution is 2.24. The van der Waals surface area contributed by atoms with Crippen LogP contribution in [-0.4, -0.2) is 54.8 Å². The van der Waals surface area contributed by atoms with E-state index in [0.29, 0.717) is 17.0 Å². The normalized spacial score (nSPS) is 14.5. The maximum Gasteiger partial charge on any atom is 0.291 e. The quantitative estimate of drug-likeness (QED) is 0.655. The second kappa shape index (κ2) is 8.51. The van der Waals surface area contributed by atoms with E-state index < -0.39 is 0 Å². The third-order valence-electron chi connectivity index (χ3n) is 5.24. The summed E-state index contributed by atoms with van der Waals surface area (Å²) in [7, 11) is 2.12. The Balaban J connectivity index is 1.40. The number of rotatable bonds is 5. The lowest BCUT2D eigenvalue weighted by Gasteiger charge is -2.33. The van der Waals surface area contributed by atoms with E-state index in [0.717, 1.165) is 37.6 Å².